The average Bonchev–Trinajstić information content (AvgIpc) is 3.16. The molecule has 5 atom stereocenters. The van der Waals surface area contributed by atoms with Crippen molar-refractivity contribution in [2.45, 2.75) is 109 Å². The minimum atomic E-state index is -1.26. The lowest BCUT2D eigenvalue weighted by atomic mass is 9.74. The molecule has 8 heteroatoms. The second kappa shape index (κ2) is 11.0. The number of aliphatic hydroxyl groups is 1. The second-order valence-corrected chi connectivity index (χ2v) is 13.8. The molecule has 4 heterocycles. The lowest BCUT2D eigenvalue weighted by Crippen LogP contribution is -2.60. The fourth-order valence-electron chi connectivity index (χ4n) is 7.56. The van der Waals surface area contributed by atoms with E-state index in [1.807, 2.05) is 36.1 Å². The molecule has 2 amide bonds. The van der Waals surface area contributed by atoms with Crippen LogP contribution >= 0.6 is 0 Å². The van der Waals surface area contributed by atoms with Gasteiger partial charge in [0.1, 0.15) is 17.6 Å². The number of fused-ring (bicyclic) bond motifs is 2. The van der Waals surface area contributed by atoms with Crippen LogP contribution < -0.4 is 0 Å². The molecule has 0 aliphatic carbocycles. The van der Waals surface area contributed by atoms with Crippen LogP contribution in [-0.2, 0) is 23.9 Å². The molecule has 39 heavy (non-hydrogen) atoms. The molecule has 1 spiro atoms. The molecular weight excluding hydrogens is 496 g/mol. The quantitative estimate of drug-likeness (QED) is 0.282. The highest BCUT2D eigenvalue weighted by Gasteiger charge is 2.74. The van der Waals surface area contributed by atoms with E-state index in [1.54, 1.807) is 4.90 Å². The van der Waals surface area contributed by atoms with Crippen LogP contribution in [0, 0.1) is 17.3 Å². The van der Waals surface area contributed by atoms with Gasteiger partial charge in [0, 0.05) is 25.2 Å². The van der Waals surface area contributed by atoms with Crippen LogP contribution in [0.4, 0.5) is 0 Å². The van der Waals surface area contributed by atoms with E-state index in [0.29, 0.717) is 39.0 Å². The number of ether oxygens (including phenoxy) is 2. The van der Waals surface area contributed by atoms with E-state index in [4.69, 9.17) is 14.6 Å². The minimum Gasteiger partial charge on any atom is -0.465 e. The maximum atomic E-state index is 14.6. The van der Waals surface area contributed by atoms with E-state index in [1.165, 1.54) is 0 Å². The van der Waals surface area contributed by atoms with Gasteiger partial charge in [0.15, 0.2) is 0 Å². The van der Waals surface area contributed by atoms with Gasteiger partial charge < -0.3 is 24.4 Å². The first kappa shape index (κ1) is 29.8. The summed E-state index contributed by atoms with van der Waals surface area (Å²) in [5, 5.41) is 9.17. The minimum absolute atomic E-state index is 0.00620. The van der Waals surface area contributed by atoms with E-state index in [0.717, 1.165) is 25.7 Å². The molecule has 1 N–H and O–H groups in total. The van der Waals surface area contributed by atoms with E-state index < -0.39 is 40.6 Å². The van der Waals surface area contributed by atoms with Crippen LogP contribution in [0.3, 0.4) is 0 Å². The van der Waals surface area contributed by atoms with Crippen molar-refractivity contribution >= 4 is 17.8 Å². The van der Waals surface area contributed by atoms with Gasteiger partial charge >= 0.3 is 5.97 Å². The monoisotopic (exact) mass is 544 g/mol. The van der Waals surface area contributed by atoms with Gasteiger partial charge in [-0.1, -0.05) is 57.9 Å². The Bertz CT molecular complexity index is 1010. The number of allylic oxidation sites excluding steroid dienone is 1. The largest absolute Gasteiger partial charge is 0.465 e. The molecular formula is C31H48N2O6. The van der Waals surface area contributed by atoms with Gasteiger partial charge in [0.2, 0.25) is 11.8 Å². The number of amides is 2. The summed E-state index contributed by atoms with van der Waals surface area (Å²) >= 11 is 0. The Hall–Kier alpha value is -2.19. The molecule has 0 aromatic rings. The standard InChI is InChI=1S/C31H48N2O6/c1-28(2,3)21-29(4,5)33-18-14-16-31-22(23-27(37)38-20-13-9-10-15-30(23,6)39-31)25(35)32(24(31)26(33)36)17-11-7-8-12-19-34/h10,14-16,22-24,34H,7-9,11-13,17-21H2,1-6H3/b15-10-/t22-,23-,24?,30+,31-/m0/s1. The number of likely N-dealkylation sites (tertiary alicyclic amines) is 1. The van der Waals surface area contributed by atoms with Crippen LogP contribution in [0.5, 0.6) is 0 Å². The van der Waals surface area contributed by atoms with Crippen molar-refractivity contribution < 1.29 is 29.0 Å². The third-order valence-electron chi connectivity index (χ3n) is 8.75. The lowest BCUT2D eigenvalue weighted by molar-refractivity contribution is -0.160. The molecule has 8 nitrogen and oxygen atoms in total. The lowest BCUT2D eigenvalue weighted by Gasteiger charge is -2.45. The Labute approximate surface area is 233 Å². The number of nitrogens with zero attached hydrogens (tertiary/aromatic N) is 2. The Kier molecular flexibility index (Phi) is 8.40. The van der Waals surface area contributed by atoms with Crippen LogP contribution in [0.2, 0.25) is 0 Å². The molecule has 2 saturated heterocycles. The van der Waals surface area contributed by atoms with Crippen molar-refractivity contribution in [3.63, 3.8) is 0 Å². The molecule has 0 bridgehead atoms. The number of carbonyl (C=O) groups is 3. The first-order valence-electron chi connectivity index (χ1n) is 14.7. The molecule has 4 aliphatic rings. The number of esters is 1. The molecule has 0 aromatic carbocycles. The fraction of sp³-hybridized carbons (Fsp3) is 0.774. The maximum Gasteiger partial charge on any atom is 0.313 e. The molecule has 0 saturated carbocycles. The molecule has 1 unspecified atom stereocenters. The smallest absolute Gasteiger partial charge is 0.313 e. The zero-order valence-electron chi connectivity index (χ0n) is 24.7. The maximum absolute atomic E-state index is 14.6. The SMILES string of the molecule is CC(C)(C)CC(C)(C)N1CC=C[C@]23O[C@]4(C)/C=C\CCCOC(=O)[C@@H]4[C@H]2C(=O)N(CCCCCCO)C3C1=O. The summed E-state index contributed by atoms with van der Waals surface area (Å²) in [5.41, 5.74) is -2.78. The van der Waals surface area contributed by atoms with Crippen molar-refractivity contribution in [2.24, 2.45) is 17.3 Å². The van der Waals surface area contributed by atoms with E-state index >= 15 is 0 Å². The second-order valence-electron chi connectivity index (χ2n) is 13.8. The van der Waals surface area contributed by atoms with Crippen LogP contribution in [0.25, 0.3) is 0 Å². The van der Waals surface area contributed by atoms with E-state index in [-0.39, 0.29) is 23.8 Å². The highest BCUT2D eigenvalue weighted by molar-refractivity contribution is 5.99. The number of hydrogen-bond acceptors (Lipinski definition) is 6. The number of unbranched alkanes of at least 4 members (excludes halogenated alkanes) is 3. The van der Waals surface area contributed by atoms with Crippen molar-refractivity contribution in [3.8, 4) is 0 Å². The third-order valence-corrected chi connectivity index (χ3v) is 8.75. The highest BCUT2D eigenvalue weighted by atomic mass is 16.6. The Balaban J connectivity index is 1.78. The topological polar surface area (TPSA) is 96.4 Å². The number of cyclic esters (lactones) is 1. The van der Waals surface area contributed by atoms with E-state index in [9.17, 15) is 14.4 Å². The average molecular weight is 545 g/mol. The van der Waals surface area contributed by atoms with Crippen LogP contribution in [0.1, 0.15) is 86.5 Å². The number of carbonyl (C=O) groups excluding carboxylic acids is 3. The first-order valence-corrected chi connectivity index (χ1v) is 14.7. The molecule has 0 radical (unpaired) electrons. The number of hydrogen-bond donors (Lipinski definition) is 1. The molecule has 4 aliphatic heterocycles. The van der Waals surface area contributed by atoms with E-state index in [2.05, 4.69) is 34.6 Å². The van der Waals surface area contributed by atoms with Gasteiger partial charge in [-0.3, -0.25) is 14.4 Å². The summed E-state index contributed by atoms with van der Waals surface area (Å²) in [4.78, 5) is 46.0. The van der Waals surface area contributed by atoms with Gasteiger partial charge in [0.05, 0.1) is 18.1 Å². The zero-order valence-corrected chi connectivity index (χ0v) is 24.7. The van der Waals surface area contributed by atoms with Crippen molar-refractivity contribution in [1.82, 2.24) is 9.80 Å². The summed E-state index contributed by atoms with van der Waals surface area (Å²) in [7, 11) is 0. The molecule has 4 rings (SSSR count). The van der Waals surface area contributed by atoms with Gasteiger partial charge in [-0.05, 0) is 58.3 Å². The highest BCUT2D eigenvalue weighted by Crippen LogP contribution is 2.57. The summed E-state index contributed by atoms with van der Waals surface area (Å²) in [6, 6.07) is -0.862. The van der Waals surface area contributed by atoms with Crippen molar-refractivity contribution in [1.29, 1.82) is 0 Å². The van der Waals surface area contributed by atoms with Crippen LogP contribution in [-0.4, -0.2) is 81.8 Å². The number of aliphatic hydroxyl groups excluding tert-OH is 1. The van der Waals surface area contributed by atoms with Gasteiger partial charge in [-0.15, -0.1) is 0 Å². The predicted molar refractivity (Wildman–Crippen MR) is 149 cm³/mol. The Morgan fingerprint density at radius 1 is 0.974 bits per heavy atom. The first-order chi connectivity index (χ1) is 18.3. The summed E-state index contributed by atoms with van der Waals surface area (Å²) in [6.45, 7) is 13.8. The summed E-state index contributed by atoms with van der Waals surface area (Å²) in [5.74, 6) is -2.46. The zero-order chi connectivity index (χ0) is 28.6. The van der Waals surface area contributed by atoms with Gasteiger partial charge in [-0.2, -0.15) is 0 Å². The summed E-state index contributed by atoms with van der Waals surface area (Å²) < 4.78 is 12.5. The van der Waals surface area contributed by atoms with Crippen LogP contribution in [0.15, 0.2) is 24.3 Å². The Morgan fingerprint density at radius 2 is 1.69 bits per heavy atom. The molecule has 218 valence electrons. The van der Waals surface area contributed by atoms with Crippen molar-refractivity contribution in [3.05, 3.63) is 24.3 Å². The molecule has 0 aromatic heterocycles. The molecule has 2 fully saturated rings. The van der Waals surface area contributed by atoms with Gasteiger partial charge in [-0.25, -0.2) is 0 Å². The van der Waals surface area contributed by atoms with Gasteiger partial charge in [0.25, 0.3) is 0 Å². The normalized spacial score (nSPS) is 34.0. The number of rotatable bonds is 8. The fourth-order valence-corrected chi connectivity index (χ4v) is 7.56. The Morgan fingerprint density at radius 3 is 2.38 bits per heavy atom. The van der Waals surface area contributed by atoms with Crippen molar-refractivity contribution in [2.75, 3.05) is 26.3 Å². The summed E-state index contributed by atoms with van der Waals surface area (Å²) in [6.07, 6.45) is 13.1. The third kappa shape index (κ3) is 5.56. The predicted octanol–water partition coefficient (Wildman–Crippen LogP) is 4.02.